The fraction of sp³-hybridized carbons (Fsp3) is 0.462. The zero-order valence-electron chi connectivity index (χ0n) is 10.9. The van der Waals surface area contributed by atoms with Crippen LogP contribution >= 0.6 is 0 Å². The van der Waals surface area contributed by atoms with Crippen LogP contribution in [0.15, 0.2) is 23.2 Å². The lowest BCUT2D eigenvalue weighted by Crippen LogP contribution is -2.37. The van der Waals surface area contributed by atoms with Gasteiger partial charge in [0.05, 0.1) is 6.54 Å². The molecule has 1 aliphatic rings. The quantitative estimate of drug-likeness (QED) is 0.879. The first-order valence-corrected chi connectivity index (χ1v) is 6.14. The molecule has 2 rings (SSSR count). The first kappa shape index (κ1) is 13.6. The van der Waals surface area contributed by atoms with Gasteiger partial charge in [-0.2, -0.15) is 8.78 Å². The van der Waals surface area contributed by atoms with Gasteiger partial charge in [-0.05, 0) is 19.9 Å². The standard InChI is InChI=1S/C13H17F2N3O/c1-8-3-4-11(19-12(14)15)10(5-8)7-17-13-16-6-9(2)18-13/h3-5,9,12H,6-7H2,1-2H3,(H2,16,17,18). The van der Waals surface area contributed by atoms with Crippen LogP contribution in [0.3, 0.4) is 0 Å². The highest BCUT2D eigenvalue weighted by molar-refractivity contribution is 5.81. The van der Waals surface area contributed by atoms with Gasteiger partial charge in [0.1, 0.15) is 5.75 Å². The summed E-state index contributed by atoms with van der Waals surface area (Å²) >= 11 is 0. The van der Waals surface area contributed by atoms with Crippen molar-refractivity contribution in [2.75, 3.05) is 6.54 Å². The second kappa shape index (κ2) is 5.86. The van der Waals surface area contributed by atoms with Gasteiger partial charge in [-0.15, -0.1) is 0 Å². The highest BCUT2D eigenvalue weighted by atomic mass is 19.3. The van der Waals surface area contributed by atoms with E-state index in [1.54, 1.807) is 12.1 Å². The molecule has 6 heteroatoms. The fourth-order valence-corrected chi connectivity index (χ4v) is 1.90. The molecule has 1 aromatic rings. The summed E-state index contributed by atoms with van der Waals surface area (Å²) in [5.74, 6) is 0.886. The van der Waals surface area contributed by atoms with Crippen LogP contribution in [0, 0.1) is 6.92 Å². The van der Waals surface area contributed by atoms with Crippen molar-refractivity contribution in [1.82, 2.24) is 10.6 Å². The monoisotopic (exact) mass is 269 g/mol. The normalized spacial score (nSPS) is 18.2. The maximum Gasteiger partial charge on any atom is 0.387 e. The third-order valence-corrected chi connectivity index (χ3v) is 2.78. The molecule has 0 spiro atoms. The van der Waals surface area contributed by atoms with E-state index in [0.717, 1.165) is 12.1 Å². The van der Waals surface area contributed by atoms with Crippen LogP contribution in [0.25, 0.3) is 0 Å². The van der Waals surface area contributed by atoms with Crippen LogP contribution in [0.1, 0.15) is 18.1 Å². The summed E-state index contributed by atoms with van der Waals surface area (Å²) in [5.41, 5.74) is 1.68. The van der Waals surface area contributed by atoms with E-state index in [2.05, 4.69) is 20.4 Å². The Hall–Kier alpha value is -1.85. The number of guanidine groups is 1. The summed E-state index contributed by atoms with van der Waals surface area (Å²) in [6.45, 7) is 2.22. The Balaban J connectivity index is 2.03. The smallest absolute Gasteiger partial charge is 0.387 e. The Morgan fingerprint density at radius 3 is 2.95 bits per heavy atom. The van der Waals surface area contributed by atoms with E-state index in [-0.39, 0.29) is 5.75 Å². The number of benzene rings is 1. The average molecular weight is 269 g/mol. The van der Waals surface area contributed by atoms with Crippen LogP contribution in [0.5, 0.6) is 5.75 Å². The molecule has 0 fully saturated rings. The Labute approximate surface area is 110 Å². The van der Waals surface area contributed by atoms with Gasteiger partial charge in [-0.1, -0.05) is 17.7 Å². The van der Waals surface area contributed by atoms with E-state index >= 15 is 0 Å². The molecule has 1 unspecified atom stereocenters. The number of hydrogen-bond acceptors (Lipinski definition) is 4. The highest BCUT2D eigenvalue weighted by Crippen LogP contribution is 2.22. The van der Waals surface area contributed by atoms with E-state index in [1.165, 1.54) is 0 Å². The Morgan fingerprint density at radius 1 is 1.53 bits per heavy atom. The zero-order chi connectivity index (χ0) is 13.8. The zero-order valence-corrected chi connectivity index (χ0v) is 10.9. The molecule has 1 aromatic carbocycles. The Morgan fingerprint density at radius 2 is 2.32 bits per heavy atom. The predicted molar refractivity (Wildman–Crippen MR) is 69.6 cm³/mol. The van der Waals surface area contributed by atoms with Crippen molar-refractivity contribution >= 4 is 5.96 Å². The number of nitrogens with zero attached hydrogens (tertiary/aromatic N) is 1. The molecule has 0 aromatic heterocycles. The lowest BCUT2D eigenvalue weighted by molar-refractivity contribution is -0.0504. The van der Waals surface area contributed by atoms with Crippen LogP contribution < -0.4 is 15.4 Å². The van der Waals surface area contributed by atoms with E-state index in [4.69, 9.17) is 0 Å². The topological polar surface area (TPSA) is 45.6 Å². The van der Waals surface area contributed by atoms with Crippen LogP contribution in [0.2, 0.25) is 0 Å². The molecule has 1 atom stereocenters. The minimum Gasteiger partial charge on any atom is -0.434 e. The lowest BCUT2D eigenvalue weighted by atomic mass is 10.1. The minimum absolute atomic E-state index is 0.194. The lowest BCUT2D eigenvalue weighted by Gasteiger charge is -2.13. The van der Waals surface area contributed by atoms with E-state index < -0.39 is 6.61 Å². The number of hydrogen-bond donors (Lipinski definition) is 2. The highest BCUT2D eigenvalue weighted by Gasteiger charge is 2.14. The van der Waals surface area contributed by atoms with Crippen molar-refractivity contribution in [3.63, 3.8) is 0 Å². The number of ether oxygens (including phenoxy) is 1. The van der Waals surface area contributed by atoms with Crippen molar-refractivity contribution in [1.29, 1.82) is 0 Å². The second-order valence-electron chi connectivity index (χ2n) is 4.58. The molecule has 2 N–H and O–H groups in total. The summed E-state index contributed by atoms with van der Waals surface area (Å²) in [5, 5.41) is 6.23. The van der Waals surface area contributed by atoms with Crippen LogP contribution in [-0.4, -0.2) is 25.2 Å². The van der Waals surface area contributed by atoms with Gasteiger partial charge >= 0.3 is 6.61 Å². The van der Waals surface area contributed by atoms with Gasteiger partial charge in [0.2, 0.25) is 0 Å². The number of aliphatic imine (C=N–C) groups is 1. The molecule has 1 aliphatic heterocycles. The molecule has 4 nitrogen and oxygen atoms in total. The first-order valence-electron chi connectivity index (χ1n) is 6.14. The third-order valence-electron chi connectivity index (χ3n) is 2.78. The van der Waals surface area contributed by atoms with E-state index in [0.29, 0.717) is 24.1 Å². The second-order valence-corrected chi connectivity index (χ2v) is 4.58. The molecule has 0 amide bonds. The van der Waals surface area contributed by atoms with E-state index in [1.807, 2.05) is 19.9 Å². The molecule has 0 radical (unpaired) electrons. The van der Waals surface area contributed by atoms with Crippen molar-refractivity contribution in [3.8, 4) is 5.75 Å². The molecule has 19 heavy (non-hydrogen) atoms. The number of nitrogens with one attached hydrogen (secondary N) is 2. The maximum atomic E-state index is 12.3. The van der Waals surface area contributed by atoms with Gasteiger partial charge in [0, 0.05) is 18.2 Å². The Bertz CT molecular complexity index is 477. The van der Waals surface area contributed by atoms with Gasteiger partial charge in [0.15, 0.2) is 5.96 Å². The Kier molecular flexibility index (Phi) is 4.19. The van der Waals surface area contributed by atoms with Crippen molar-refractivity contribution in [2.45, 2.75) is 33.0 Å². The van der Waals surface area contributed by atoms with Gasteiger partial charge in [-0.25, -0.2) is 0 Å². The van der Waals surface area contributed by atoms with Gasteiger partial charge in [-0.3, -0.25) is 4.99 Å². The average Bonchev–Trinajstić information content (AvgIpc) is 2.75. The SMILES string of the molecule is Cc1ccc(OC(F)F)c(CNC2=NCC(C)N2)c1. The summed E-state index contributed by atoms with van der Waals surface area (Å²) in [7, 11) is 0. The van der Waals surface area contributed by atoms with Crippen LogP contribution in [-0.2, 0) is 6.54 Å². The predicted octanol–water partition coefficient (Wildman–Crippen LogP) is 2.03. The number of alkyl halides is 2. The fourth-order valence-electron chi connectivity index (χ4n) is 1.90. The maximum absolute atomic E-state index is 12.3. The van der Waals surface area contributed by atoms with E-state index in [9.17, 15) is 8.78 Å². The van der Waals surface area contributed by atoms with Crippen LogP contribution in [0.4, 0.5) is 8.78 Å². The number of halogens is 2. The molecule has 1 heterocycles. The molecular weight excluding hydrogens is 252 g/mol. The minimum atomic E-state index is -2.82. The first-order chi connectivity index (χ1) is 9.04. The van der Waals surface area contributed by atoms with Gasteiger partial charge in [0.25, 0.3) is 0 Å². The van der Waals surface area contributed by atoms with Crippen molar-refractivity contribution in [2.24, 2.45) is 4.99 Å². The summed E-state index contributed by atoms with van der Waals surface area (Å²) in [6.07, 6.45) is 0. The molecule has 0 bridgehead atoms. The largest absolute Gasteiger partial charge is 0.434 e. The third kappa shape index (κ3) is 3.81. The molecular formula is C13H17F2N3O. The summed E-state index contributed by atoms with van der Waals surface area (Å²) < 4.78 is 29.1. The van der Waals surface area contributed by atoms with Crippen molar-refractivity contribution < 1.29 is 13.5 Å². The summed E-state index contributed by atoms with van der Waals surface area (Å²) in [4.78, 5) is 4.25. The number of aryl methyl sites for hydroxylation is 1. The molecule has 0 saturated carbocycles. The van der Waals surface area contributed by atoms with Crippen molar-refractivity contribution in [3.05, 3.63) is 29.3 Å². The number of rotatable bonds is 4. The molecule has 0 saturated heterocycles. The molecule has 104 valence electrons. The summed E-state index contributed by atoms with van der Waals surface area (Å²) in [6, 6.07) is 5.43. The van der Waals surface area contributed by atoms with Gasteiger partial charge < -0.3 is 15.4 Å². The molecule has 0 aliphatic carbocycles.